The normalized spacial score (nSPS) is 13.6. The number of aromatic amines is 1. The van der Waals surface area contributed by atoms with Crippen LogP contribution in [0.3, 0.4) is 0 Å². The van der Waals surface area contributed by atoms with Gasteiger partial charge in [-0.15, -0.1) is 0 Å². The van der Waals surface area contributed by atoms with Crippen LogP contribution in [-0.2, 0) is 7.05 Å². The Hall–Kier alpha value is -2.65. The molecule has 1 aromatic heterocycles. The average Bonchev–Trinajstić information content (AvgIpc) is 2.83. The summed E-state index contributed by atoms with van der Waals surface area (Å²) in [7, 11) is 1.25. The predicted octanol–water partition coefficient (Wildman–Crippen LogP) is 2.38. The highest BCUT2D eigenvalue weighted by Gasteiger charge is 2.63. The number of nitrogens with one attached hydrogen (secondary N) is 2. The van der Waals surface area contributed by atoms with E-state index in [4.69, 9.17) is 0 Å². The highest BCUT2D eigenvalue weighted by Crippen LogP contribution is 2.44. The van der Waals surface area contributed by atoms with Gasteiger partial charge in [0.05, 0.1) is 0 Å². The van der Waals surface area contributed by atoms with Crippen LogP contribution in [0.4, 0.5) is 22.0 Å². The quantitative estimate of drug-likeness (QED) is 0.833. The van der Waals surface area contributed by atoms with Crippen molar-refractivity contribution in [3.8, 4) is 0 Å². The van der Waals surface area contributed by atoms with Crippen molar-refractivity contribution in [1.29, 1.82) is 0 Å². The van der Waals surface area contributed by atoms with Crippen molar-refractivity contribution in [3.05, 3.63) is 58.0 Å². The molecule has 1 amide bonds. The molecule has 130 valence electrons. The Kier molecular flexibility index (Phi) is 4.50. The molecule has 1 heterocycles. The second-order valence-corrected chi connectivity index (χ2v) is 5.00. The fourth-order valence-electron chi connectivity index (χ4n) is 2.09. The molecule has 0 saturated carbocycles. The first-order valence-corrected chi connectivity index (χ1v) is 6.60. The van der Waals surface area contributed by atoms with Crippen molar-refractivity contribution in [2.24, 2.45) is 7.05 Å². The zero-order valence-electron chi connectivity index (χ0n) is 12.2. The molecule has 0 saturated heterocycles. The lowest BCUT2D eigenvalue weighted by Crippen LogP contribution is -2.49. The number of aryl methyl sites for hydroxylation is 1. The molecule has 0 radical (unpaired) electrons. The summed E-state index contributed by atoms with van der Waals surface area (Å²) in [6.45, 7) is 0. The van der Waals surface area contributed by atoms with Crippen molar-refractivity contribution in [2.75, 3.05) is 0 Å². The summed E-state index contributed by atoms with van der Waals surface area (Å²) in [6, 6.07) is 4.21. The standard InChI is InChI=1S/C14H12F5N3O2/c1-22-9(7-10(23)21-22)12(24)20-11(8-5-3-2-4-6-8)13(15,16)14(17,18)19/h2-7,11H,1H3,(H,20,24)(H,21,23). The number of hydrogen-bond acceptors (Lipinski definition) is 2. The van der Waals surface area contributed by atoms with Crippen molar-refractivity contribution in [3.63, 3.8) is 0 Å². The third-order valence-corrected chi connectivity index (χ3v) is 3.29. The van der Waals surface area contributed by atoms with Crippen LogP contribution >= 0.6 is 0 Å². The fourth-order valence-corrected chi connectivity index (χ4v) is 2.09. The number of H-pyrrole nitrogens is 1. The van der Waals surface area contributed by atoms with Crippen LogP contribution in [0.2, 0.25) is 0 Å². The molecule has 2 N–H and O–H groups in total. The molecule has 1 unspecified atom stereocenters. The Morgan fingerprint density at radius 2 is 1.75 bits per heavy atom. The number of alkyl halides is 5. The molecular weight excluding hydrogens is 337 g/mol. The van der Waals surface area contributed by atoms with Gasteiger partial charge in [-0.25, -0.2) is 0 Å². The Morgan fingerprint density at radius 1 is 1.17 bits per heavy atom. The maximum Gasteiger partial charge on any atom is 0.455 e. The van der Waals surface area contributed by atoms with Crippen molar-refractivity contribution in [2.45, 2.75) is 18.1 Å². The van der Waals surface area contributed by atoms with Crippen molar-refractivity contribution in [1.82, 2.24) is 15.1 Å². The minimum atomic E-state index is -5.87. The Morgan fingerprint density at radius 3 is 2.21 bits per heavy atom. The van der Waals surface area contributed by atoms with Crippen molar-refractivity contribution < 1.29 is 26.7 Å². The van der Waals surface area contributed by atoms with Gasteiger partial charge in [0.1, 0.15) is 11.7 Å². The number of amides is 1. The van der Waals surface area contributed by atoms with Gasteiger partial charge in [-0.05, 0) is 5.56 Å². The van der Waals surface area contributed by atoms with Crippen LogP contribution in [0.1, 0.15) is 22.1 Å². The zero-order chi connectivity index (χ0) is 18.1. The van der Waals surface area contributed by atoms with Crippen LogP contribution in [0.25, 0.3) is 0 Å². The third-order valence-electron chi connectivity index (χ3n) is 3.29. The summed E-state index contributed by atoms with van der Waals surface area (Å²) in [5.74, 6) is -6.45. The van der Waals surface area contributed by atoms with Crippen molar-refractivity contribution >= 4 is 5.91 Å². The number of halogens is 5. The molecule has 0 spiro atoms. The smallest absolute Gasteiger partial charge is 0.337 e. The van der Waals surface area contributed by atoms with E-state index in [1.807, 2.05) is 0 Å². The second-order valence-electron chi connectivity index (χ2n) is 5.00. The maximum atomic E-state index is 13.8. The minimum Gasteiger partial charge on any atom is -0.337 e. The van der Waals surface area contributed by atoms with Gasteiger partial charge in [0, 0.05) is 13.1 Å². The van der Waals surface area contributed by atoms with Gasteiger partial charge < -0.3 is 5.32 Å². The summed E-state index contributed by atoms with van der Waals surface area (Å²) < 4.78 is 66.8. The van der Waals surface area contributed by atoms with E-state index >= 15 is 0 Å². The molecule has 2 aromatic rings. The van der Waals surface area contributed by atoms with Gasteiger partial charge in [0.2, 0.25) is 0 Å². The summed E-state index contributed by atoms with van der Waals surface area (Å²) in [6.07, 6.45) is -5.87. The molecule has 0 bridgehead atoms. The van der Waals surface area contributed by atoms with Crippen LogP contribution in [0.5, 0.6) is 0 Å². The third kappa shape index (κ3) is 3.31. The molecule has 1 atom stereocenters. The van der Waals surface area contributed by atoms with Crippen LogP contribution in [-0.4, -0.2) is 27.8 Å². The van der Waals surface area contributed by atoms with E-state index in [0.29, 0.717) is 0 Å². The van der Waals surface area contributed by atoms with E-state index in [0.717, 1.165) is 22.9 Å². The Balaban J connectivity index is 2.43. The number of nitrogens with zero attached hydrogens (tertiary/aromatic N) is 1. The van der Waals surface area contributed by atoms with E-state index in [9.17, 15) is 31.5 Å². The van der Waals surface area contributed by atoms with Gasteiger partial charge >= 0.3 is 12.1 Å². The molecule has 0 aliphatic heterocycles. The fraction of sp³-hybridized carbons (Fsp3) is 0.286. The second kappa shape index (κ2) is 6.10. The average molecular weight is 349 g/mol. The lowest BCUT2D eigenvalue weighted by molar-refractivity contribution is -0.293. The molecule has 1 aromatic carbocycles. The van der Waals surface area contributed by atoms with Crippen LogP contribution < -0.4 is 10.9 Å². The largest absolute Gasteiger partial charge is 0.455 e. The number of benzene rings is 1. The first kappa shape index (κ1) is 17.7. The molecule has 24 heavy (non-hydrogen) atoms. The summed E-state index contributed by atoms with van der Waals surface area (Å²) in [5, 5.41) is 3.82. The number of rotatable bonds is 4. The lowest BCUT2D eigenvalue weighted by atomic mass is 9.99. The Labute approximate surface area is 132 Å². The number of aromatic nitrogens is 2. The van der Waals surface area contributed by atoms with Gasteiger partial charge in [0.15, 0.2) is 0 Å². The molecule has 0 aliphatic rings. The highest BCUT2D eigenvalue weighted by atomic mass is 19.4. The number of carbonyl (C=O) groups excluding carboxylic acids is 1. The van der Waals surface area contributed by atoms with E-state index < -0.39 is 35.2 Å². The van der Waals surface area contributed by atoms with E-state index in [-0.39, 0.29) is 5.69 Å². The number of carbonyl (C=O) groups is 1. The minimum absolute atomic E-state index is 0.376. The molecule has 0 fully saturated rings. The van der Waals surface area contributed by atoms with Crippen LogP contribution in [0.15, 0.2) is 41.2 Å². The molecular formula is C14H12F5N3O2. The van der Waals surface area contributed by atoms with Gasteiger partial charge in [0.25, 0.3) is 11.5 Å². The van der Waals surface area contributed by atoms with Gasteiger partial charge in [-0.3, -0.25) is 19.4 Å². The molecule has 5 nitrogen and oxygen atoms in total. The molecule has 10 heteroatoms. The SMILES string of the molecule is Cn1[nH]c(=O)cc1C(=O)NC(c1ccccc1)C(F)(F)C(F)(F)F. The monoisotopic (exact) mass is 349 g/mol. The number of hydrogen-bond donors (Lipinski definition) is 2. The zero-order valence-corrected chi connectivity index (χ0v) is 12.2. The first-order valence-electron chi connectivity index (χ1n) is 6.60. The molecule has 0 aliphatic carbocycles. The van der Waals surface area contributed by atoms with Crippen LogP contribution in [0, 0.1) is 0 Å². The van der Waals surface area contributed by atoms with E-state index in [2.05, 4.69) is 5.10 Å². The predicted molar refractivity (Wildman–Crippen MR) is 73.7 cm³/mol. The highest BCUT2D eigenvalue weighted by molar-refractivity contribution is 5.92. The summed E-state index contributed by atoms with van der Waals surface area (Å²) in [4.78, 5) is 23.2. The molecule has 2 rings (SSSR count). The Bertz CT molecular complexity index is 780. The first-order chi connectivity index (χ1) is 11.0. The van der Waals surface area contributed by atoms with Gasteiger partial charge in [-0.2, -0.15) is 22.0 Å². The van der Waals surface area contributed by atoms with E-state index in [1.54, 1.807) is 5.32 Å². The maximum absolute atomic E-state index is 13.8. The summed E-state index contributed by atoms with van der Waals surface area (Å²) in [5.41, 5.74) is -1.49. The van der Waals surface area contributed by atoms with E-state index in [1.165, 1.54) is 25.2 Å². The van der Waals surface area contributed by atoms with Gasteiger partial charge in [-0.1, -0.05) is 30.3 Å². The summed E-state index contributed by atoms with van der Waals surface area (Å²) >= 11 is 0. The topological polar surface area (TPSA) is 66.9 Å². The lowest BCUT2D eigenvalue weighted by Gasteiger charge is -2.29.